The highest BCUT2D eigenvalue weighted by Crippen LogP contribution is 2.20. The van der Waals surface area contributed by atoms with E-state index in [1.54, 1.807) is 0 Å². The van der Waals surface area contributed by atoms with Crippen molar-refractivity contribution in [1.82, 2.24) is 9.80 Å². The Morgan fingerprint density at radius 1 is 1.13 bits per heavy atom. The van der Waals surface area contributed by atoms with Crippen LogP contribution >= 0.6 is 0 Å². The Hall–Kier alpha value is -0.160. The van der Waals surface area contributed by atoms with Crippen molar-refractivity contribution in [2.24, 2.45) is 11.5 Å². The predicted octanol–water partition coefficient (Wildman–Crippen LogP) is -0.210. The second-order valence-electron chi connectivity index (χ2n) is 4.84. The summed E-state index contributed by atoms with van der Waals surface area (Å²) in [7, 11) is 0. The van der Waals surface area contributed by atoms with Gasteiger partial charge in [0.15, 0.2) is 0 Å². The van der Waals surface area contributed by atoms with E-state index in [0.717, 1.165) is 6.54 Å². The molecule has 4 nitrogen and oxygen atoms in total. The number of likely N-dealkylation sites (tertiary alicyclic amines) is 2. The lowest BCUT2D eigenvalue weighted by molar-refractivity contribution is 0.148. The minimum Gasteiger partial charge on any atom is -0.328 e. The normalized spacial score (nSPS) is 31.2. The van der Waals surface area contributed by atoms with Crippen molar-refractivity contribution in [1.29, 1.82) is 0 Å². The summed E-state index contributed by atoms with van der Waals surface area (Å²) < 4.78 is 0. The summed E-state index contributed by atoms with van der Waals surface area (Å²) in [5, 5.41) is 0. The van der Waals surface area contributed by atoms with E-state index >= 15 is 0 Å². The van der Waals surface area contributed by atoms with Crippen LogP contribution in [-0.4, -0.2) is 54.7 Å². The average molecular weight is 212 g/mol. The Morgan fingerprint density at radius 3 is 2.53 bits per heavy atom. The molecule has 0 aliphatic carbocycles. The quantitative estimate of drug-likeness (QED) is 0.677. The van der Waals surface area contributed by atoms with Crippen LogP contribution in [0.4, 0.5) is 0 Å². The molecule has 2 atom stereocenters. The molecule has 0 radical (unpaired) electrons. The van der Waals surface area contributed by atoms with Gasteiger partial charge in [-0.2, -0.15) is 0 Å². The van der Waals surface area contributed by atoms with Crippen LogP contribution in [0.1, 0.15) is 25.7 Å². The Balaban J connectivity index is 1.84. The molecule has 0 amide bonds. The standard InChI is InChI=1S/C11H24N4/c12-8-11(13)15-7-3-4-10(15)9-14-5-1-2-6-14/h10-11H,1-9,12-13H2. The van der Waals surface area contributed by atoms with Gasteiger partial charge in [-0.15, -0.1) is 0 Å². The van der Waals surface area contributed by atoms with Gasteiger partial charge in [-0.3, -0.25) is 4.90 Å². The number of nitrogens with zero attached hydrogens (tertiary/aromatic N) is 2. The van der Waals surface area contributed by atoms with E-state index in [2.05, 4.69) is 9.80 Å². The molecule has 2 rings (SSSR count). The molecule has 4 N–H and O–H groups in total. The lowest BCUT2D eigenvalue weighted by Gasteiger charge is -2.32. The maximum absolute atomic E-state index is 6.03. The van der Waals surface area contributed by atoms with E-state index in [1.165, 1.54) is 45.3 Å². The largest absolute Gasteiger partial charge is 0.328 e. The summed E-state index contributed by atoms with van der Waals surface area (Å²) in [6, 6.07) is 0.654. The van der Waals surface area contributed by atoms with Gasteiger partial charge in [0.1, 0.15) is 0 Å². The summed E-state index contributed by atoms with van der Waals surface area (Å²) in [5.74, 6) is 0. The molecule has 15 heavy (non-hydrogen) atoms. The van der Waals surface area contributed by atoms with Gasteiger partial charge in [0.2, 0.25) is 0 Å². The summed E-state index contributed by atoms with van der Waals surface area (Å²) in [4.78, 5) is 4.98. The van der Waals surface area contributed by atoms with E-state index in [-0.39, 0.29) is 6.17 Å². The molecule has 2 aliphatic heterocycles. The first kappa shape index (κ1) is 11.3. The zero-order valence-electron chi connectivity index (χ0n) is 9.57. The summed E-state index contributed by atoms with van der Waals surface area (Å²) in [5.41, 5.74) is 11.7. The highest BCUT2D eigenvalue weighted by atomic mass is 15.3. The second-order valence-corrected chi connectivity index (χ2v) is 4.84. The fourth-order valence-electron chi connectivity index (χ4n) is 2.89. The highest BCUT2D eigenvalue weighted by Gasteiger charge is 2.30. The van der Waals surface area contributed by atoms with E-state index in [1.807, 2.05) is 0 Å². The third-order valence-corrected chi connectivity index (χ3v) is 3.76. The molecule has 2 fully saturated rings. The molecule has 0 bridgehead atoms. The fraction of sp³-hybridized carbons (Fsp3) is 1.00. The van der Waals surface area contributed by atoms with Crippen molar-refractivity contribution in [3.8, 4) is 0 Å². The van der Waals surface area contributed by atoms with Crippen molar-refractivity contribution < 1.29 is 0 Å². The Bertz CT molecular complexity index is 191. The molecule has 0 aromatic carbocycles. The Labute approximate surface area is 92.6 Å². The van der Waals surface area contributed by atoms with Crippen LogP contribution in [0.5, 0.6) is 0 Å². The number of rotatable bonds is 4. The van der Waals surface area contributed by atoms with Crippen LogP contribution in [0.25, 0.3) is 0 Å². The maximum atomic E-state index is 6.03. The van der Waals surface area contributed by atoms with Gasteiger partial charge in [-0.1, -0.05) is 0 Å². The minimum absolute atomic E-state index is 0.0695. The topological polar surface area (TPSA) is 58.5 Å². The third-order valence-electron chi connectivity index (χ3n) is 3.76. The van der Waals surface area contributed by atoms with Gasteiger partial charge in [0.25, 0.3) is 0 Å². The number of hydrogen-bond donors (Lipinski definition) is 2. The lowest BCUT2D eigenvalue weighted by Crippen LogP contribution is -2.52. The fourth-order valence-corrected chi connectivity index (χ4v) is 2.89. The van der Waals surface area contributed by atoms with E-state index in [4.69, 9.17) is 11.5 Å². The molecule has 0 spiro atoms. The molecule has 2 unspecified atom stereocenters. The SMILES string of the molecule is NCC(N)N1CCCC1CN1CCCC1. The van der Waals surface area contributed by atoms with Crippen LogP contribution in [0, 0.1) is 0 Å². The highest BCUT2D eigenvalue weighted by molar-refractivity contribution is 4.86. The van der Waals surface area contributed by atoms with Crippen LogP contribution in [0.2, 0.25) is 0 Å². The van der Waals surface area contributed by atoms with Crippen molar-refractivity contribution in [3.63, 3.8) is 0 Å². The number of nitrogens with two attached hydrogens (primary N) is 2. The predicted molar refractivity (Wildman–Crippen MR) is 62.4 cm³/mol. The molecule has 2 saturated heterocycles. The van der Waals surface area contributed by atoms with E-state index in [0.29, 0.717) is 12.6 Å². The maximum Gasteiger partial charge on any atom is 0.0701 e. The van der Waals surface area contributed by atoms with Gasteiger partial charge < -0.3 is 16.4 Å². The molecule has 0 saturated carbocycles. The average Bonchev–Trinajstić information content (AvgIpc) is 2.88. The second kappa shape index (κ2) is 5.25. The van der Waals surface area contributed by atoms with Crippen LogP contribution < -0.4 is 11.5 Å². The van der Waals surface area contributed by atoms with E-state index < -0.39 is 0 Å². The zero-order chi connectivity index (χ0) is 10.7. The summed E-state index contributed by atoms with van der Waals surface area (Å²) in [6.45, 7) is 5.48. The molecule has 4 heteroatoms. The van der Waals surface area contributed by atoms with Gasteiger partial charge in [-0.25, -0.2) is 0 Å². The molecule has 0 aromatic rings. The zero-order valence-corrected chi connectivity index (χ0v) is 9.57. The minimum atomic E-state index is 0.0695. The first-order chi connectivity index (χ1) is 7.31. The Kier molecular flexibility index (Phi) is 3.97. The third kappa shape index (κ3) is 2.69. The van der Waals surface area contributed by atoms with Crippen molar-refractivity contribution in [2.45, 2.75) is 37.9 Å². The lowest BCUT2D eigenvalue weighted by atomic mass is 10.2. The monoisotopic (exact) mass is 212 g/mol. The van der Waals surface area contributed by atoms with E-state index in [9.17, 15) is 0 Å². The van der Waals surface area contributed by atoms with Gasteiger partial charge in [0.05, 0.1) is 6.17 Å². The Morgan fingerprint density at radius 2 is 1.87 bits per heavy atom. The first-order valence-electron chi connectivity index (χ1n) is 6.25. The van der Waals surface area contributed by atoms with Crippen LogP contribution in [0.15, 0.2) is 0 Å². The molecule has 0 aromatic heterocycles. The van der Waals surface area contributed by atoms with Gasteiger partial charge in [0, 0.05) is 25.7 Å². The summed E-state index contributed by atoms with van der Waals surface area (Å²) >= 11 is 0. The summed E-state index contributed by atoms with van der Waals surface area (Å²) in [6.07, 6.45) is 5.39. The van der Waals surface area contributed by atoms with Crippen molar-refractivity contribution in [3.05, 3.63) is 0 Å². The van der Waals surface area contributed by atoms with Gasteiger partial charge in [-0.05, 0) is 38.8 Å². The molecule has 88 valence electrons. The van der Waals surface area contributed by atoms with Crippen molar-refractivity contribution in [2.75, 3.05) is 32.7 Å². The van der Waals surface area contributed by atoms with Crippen LogP contribution in [0.3, 0.4) is 0 Å². The molecular formula is C11H24N4. The van der Waals surface area contributed by atoms with Crippen molar-refractivity contribution >= 4 is 0 Å². The molecule has 2 aliphatic rings. The smallest absolute Gasteiger partial charge is 0.0701 e. The van der Waals surface area contributed by atoms with Gasteiger partial charge >= 0.3 is 0 Å². The first-order valence-corrected chi connectivity index (χ1v) is 6.25. The van der Waals surface area contributed by atoms with Crippen LogP contribution in [-0.2, 0) is 0 Å². The molecule has 2 heterocycles. The molecular weight excluding hydrogens is 188 g/mol. The number of hydrogen-bond acceptors (Lipinski definition) is 4.